The maximum atomic E-state index is 14.2. The Morgan fingerprint density at radius 1 is 0.886 bits per heavy atom. The second-order valence-corrected chi connectivity index (χ2v) is 10.1. The average Bonchev–Trinajstić information content (AvgIpc) is 3.44. The first-order valence-electron chi connectivity index (χ1n) is 12.1. The average molecular weight is 493 g/mol. The van der Waals surface area contributed by atoms with E-state index in [0.717, 1.165) is 29.1 Å². The summed E-state index contributed by atoms with van der Waals surface area (Å²) in [4.78, 5) is 37.6. The largest absolute Gasteiger partial charge is 0.366 e. The zero-order valence-corrected chi connectivity index (χ0v) is 20.6. The van der Waals surface area contributed by atoms with Gasteiger partial charge in [0.05, 0.1) is 21.8 Å². The summed E-state index contributed by atoms with van der Waals surface area (Å²) >= 11 is 1.47. The summed E-state index contributed by atoms with van der Waals surface area (Å²) in [7, 11) is 0. The molecular formula is C27H29FN4O2S. The van der Waals surface area contributed by atoms with E-state index in [1.165, 1.54) is 17.4 Å². The number of piperidine rings is 1. The van der Waals surface area contributed by atoms with Crippen molar-refractivity contribution in [2.24, 2.45) is 0 Å². The second kappa shape index (κ2) is 10.2. The number of para-hydroxylation sites is 1. The van der Waals surface area contributed by atoms with Gasteiger partial charge in [0.2, 0.25) is 0 Å². The van der Waals surface area contributed by atoms with Gasteiger partial charge in [-0.3, -0.25) is 14.6 Å². The maximum absolute atomic E-state index is 14.2. The van der Waals surface area contributed by atoms with E-state index in [1.807, 2.05) is 57.3 Å². The molecule has 0 radical (unpaired) electrons. The molecule has 1 aromatic carbocycles. The number of carbonyl (C=O) groups excluding carboxylic acids is 2. The number of aryl methyl sites for hydroxylation is 1. The molecule has 0 unspecified atom stereocenters. The smallest absolute Gasteiger partial charge is 0.263 e. The highest BCUT2D eigenvalue weighted by atomic mass is 32.1. The molecule has 2 saturated heterocycles. The van der Waals surface area contributed by atoms with Crippen LogP contribution in [-0.2, 0) is 0 Å². The van der Waals surface area contributed by atoms with Crippen LogP contribution in [0.4, 0.5) is 10.1 Å². The molecule has 0 saturated carbocycles. The van der Waals surface area contributed by atoms with Gasteiger partial charge in [0.1, 0.15) is 5.82 Å². The maximum Gasteiger partial charge on any atom is 0.263 e. The summed E-state index contributed by atoms with van der Waals surface area (Å²) in [6, 6.07) is 14.3. The van der Waals surface area contributed by atoms with Gasteiger partial charge >= 0.3 is 0 Å². The number of carbonyl (C=O) groups is 2. The number of nitrogens with zero attached hydrogens (tertiary/aromatic N) is 4. The minimum absolute atomic E-state index is 0.0159. The number of rotatable bonds is 4. The van der Waals surface area contributed by atoms with Gasteiger partial charge in [0.25, 0.3) is 11.8 Å². The number of piperazine rings is 1. The molecule has 8 heteroatoms. The molecule has 4 heterocycles. The van der Waals surface area contributed by atoms with Crippen molar-refractivity contribution in [2.45, 2.75) is 25.7 Å². The number of aromatic nitrogens is 1. The molecule has 6 nitrogen and oxygen atoms in total. The van der Waals surface area contributed by atoms with Crippen LogP contribution in [0, 0.1) is 12.7 Å². The van der Waals surface area contributed by atoms with Crippen LogP contribution in [0.15, 0.2) is 53.9 Å². The summed E-state index contributed by atoms with van der Waals surface area (Å²) in [5.41, 5.74) is 2.96. The third-order valence-electron chi connectivity index (χ3n) is 6.96. The zero-order chi connectivity index (χ0) is 24.4. The Morgan fingerprint density at radius 3 is 2.29 bits per heavy atom. The Kier molecular flexibility index (Phi) is 6.81. The fourth-order valence-corrected chi connectivity index (χ4v) is 5.70. The van der Waals surface area contributed by atoms with E-state index in [0.29, 0.717) is 50.5 Å². The highest BCUT2D eigenvalue weighted by Crippen LogP contribution is 2.31. The number of pyridine rings is 1. The topological polar surface area (TPSA) is 56.8 Å². The van der Waals surface area contributed by atoms with Crippen molar-refractivity contribution in [3.05, 3.63) is 81.6 Å². The third kappa shape index (κ3) is 4.93. The molecule has 0 spiro atoms. The molecule has 35 heavy (non-hydrogen) atoms. The monoisotopic (exact) mass is 492 g/mol. The first kappa shape index (κ1) is 23.5. The van der Waals surface area contributed by atoms with Gasteiger partial charge in [0, 0.05) is 50.9 Å². The van der Waals surface area contributed by atoms with E-state index in [4.69, 9.17) is 4.98 Å². The Bertz CT molecular complexity index is 1200. The number of thiophene rings is 1. The lowest BCUT2D eigenvalue weighted by Gasteiger charge is -2.37. The van der Waals surface area contributed by atoms with Crippen LogP contribution >= 0.6 is 11.3 Å². The first-order valence-corrected chi connectivity index (χ1v) is 13.0. The van der Waals surface area contributed by atoms with E-state index in [-0.39, 0.29) is 23.5 Å². The number of halogens is 1. The number of hydrogen-bond acceptors (Lipinski definition) is 5. The van der Waals surface area contributed by atoms with Gasteiger partial charge in [-0.1, -0.05) is 18.2 Å². The fraction of sp³-hybridized carbons (Fsp3) is 0.370. The summed E-state index contributed by atoms with van der Waals surface area (Å²) in [5, 5.41) is 1.92. The SMILES string of the molecule is Cc1ccc(C(=O)N2CCN(c3ccccc3F)CC2)c(C2CCN(C(=O)c3cccs3)CC2)n1. The van der Waals surface area contributed by atoms with Gasteiger partial charge in [-0.2, -0.15) is 0 Å². The lowest BCUT2D eigenvalue weighted by molar-refractivity contribution is 0.0706. The lowest BCUT2D eigenvalue weighted by Crippen LogP contribution is -2.49. The van der Waals surface area contributed by atoms with E-state index in [1.54, 1.807) is 12.1 Å². The van der Waals surface area contributed by atoms with Crippen molar-refractivity contribution >= 4 is 28.8 Å². The van der Waals surface area contributed by atoms with Gasteiger partial charge in [0.15, 0.2) is 0 Å². The van der Waals surface area contributed by atoms with E-state index < -0.39 is 0 Å². The quantitative estimate of drug-likeness (QED) is 0.535. The molecule has 2 aromatic heterocycles. The van der Waals surface area contributed by atoms with Crippen LogP contribution in [-0.4, -0.2) is 65.9 Å². The number of hydrogen-bond donors (Lipinski definition) is 0. The van der Waals surface area contributed by atoms with E-state index >= 15 is 0 Å². The molecule has 2 aliphatic rings. The minimum atomic E-state index is -0.235. The minimum Gasteiger partial charge on any atom is -0.366 e. The van der Waals surface area contributed by atoms with Crippen molar-refractivity contribution in [3.63, 3.8) is 0 Å². The van der Waals surface area contributed by atoms with Crippen LogP contribution in [0.25, 0.3) is 0 Å². The third-order valence-corrected chi connectivity index (χ3v) is 7.81. The highest BCUT2D eigenvalue weighted by Gasteiger charge is 2.31. The molecule has 182 valence electrons. The summed E-state index contributed by atoms with van der Waals surface area (Å²) in [6.07, 6.45) is 1.57. The lowest BCUT2D eigenvalue weighted by atomic mass is 9.89. The molecule has 2 amide bonds. The molecule has 0 aliphatic carbocycles. The predicted octanol–water partition coefficient (Wildman–Crippen LogP) is 4.57. The summed E-state index contributed by atoms with van der Waals surface area (Å²) in [5.74, 6) is -0.0282. The molecule has 0 bridgehead atoms. The Balaban J connectivity index is 1.26. The van der Waals surface area contributed by atoms with Crippen molar-refractivity contribution in [1.29, 1.82) is 0 Å². The zero-order valence-electron chi connectivity index (χ0n) is 19.8. The normalized spacial score (nSPS) is 17.0. The van der Waals surface area contributed by atoms with Gasteiger partial charge < -0.3 is 14.7 Å². The fourth-order valence-electron chi connectivity index (χ4n) is 5.01. The predicted molar refractivity (Wildman–Crippen MR) is 136 cm³/mol. The molecular weight excluding hydrogens is 463 g/mol. The summed E-state index contributed by atoms with van der Waals surface area (Å²) < 4.78 is 14.2. The standard InChI is InChI=1S/C27H29FN4O2S/c1-19-8-9-21(26(33)32-16-14-30(15-17-32)23-6-3-2-5-22(23)28)25(29-19)20-10-12-31(13-11-20)27(34)24-7-4-18-35-24/h2-9,18,20H,10-17H2,1H3. The molecule has 3 aromatic rings. The molecule has 2 aliphatic heterocycles. The molecule has 5 rings (SSSR count). The Hall–Kier alpha value is -3.26. The number of likely N-dealkylation sites (tertiary alicyclic amines) is 1. The first-order chi connectivity index (χ1) is 17.0. The van der Waals surface area contributed by atoms with Gasteiger partial charge in [-0.05, 0) is 55.5 Å². The van der Waals surface area contributed by atoms with Gasteiger partial charge in [-0.25, -0.2) is 4.39 Å². The van der Waals surface area contributed by atoms with Crippen molar-refractivity contribution in [3.8, 4) is 0 Å². The molecule has 0 atom stereocenters. The summed E-state index contributed by atoms with van der Waals surface area (Å²) in [6.45, 7) is 5.51. The Morgan fingerprint density at radius 2 is 1.60 bits per heavy atom. The van der Waals surface area contributed by atoms with Crippen LogP contribution in [0.1, 0.15) is 50.2 Å². The van der Waals surface area contributed by atoms with Gasteiger partial charge in [-0.15, -0.1) is 11.3 Å². The van der Waals surface area contributed by atoms with Crippen molar-refractivity contribution < 1.29 is 14.0 Å². The van der Waals surface area contributed by atoms with Crippen LogP contribution in [0.3, 0.4) is 0 Å². The Labute approximate surface area is 209 Å². The second-order valence-electron chi connectivity index (χ2n) is 9.16. The number of benzene rings is 1. The highest BCUT2D eigenvalue weighted by molar-refractivity contribution is 7.12. The van der Waals surface area contributed by atoms with E-state index in [9.17, 15) is 14.0 Å². The van der Waals surface area contributed by atoms with Crippen molar-refractivity contribution in [1.82, 2.24) is 14.8 Å². The van der Waals surface area contributed by atoms with E-state index in [2.05, 4.69) is 0 Å². The van der Waals surface area contributed by atoms with Crippen LogP contribution in [0.5, 0.6) is 0 Å². The molecule has 2 fully saturated rings. The number of anilines is 1. The molecule has 0 N–H and O–H groups in total. The van der Waals surface area contributed by atoms with Crippen LogP contribution < -0.4 is 4.90 Å². The number of amides is 2. The van der Waals surface area contributed by atoms with Crippen molar-refractivity contribution in [2.75, 3.05) is 44.2 Å². The van der Waals surface area contributed by atoms with Crippen LogP contribution in [0.2, 0.25) is 0 Å².